The zero-order valence-electron chi connectivity index (χ0n) is 9.10. The maximum absolute atomic E-state index is 11.5. The number of nitrogens with two attached hydrogens (primary N) is 1. The van der Waals surface area contributed by atoms with Crippen molar-refractivity contribution in [2.24, 2.45) is 5.73 Å². The third-order valence-corrected chi connectivity index (χ3v) is 2.79. The molecule has 86 valence electrons. The second-order valence-electron chi connectivity index (χ2n) is 4.22. The van der Waals surface area contributed by atoms with Gasteiger partial charge in [-0.2, -0.15) is 0 Å². The van der Waals surface area contributed by atoms with Gasteiger partial charge in [0.15, 0.2) is 0 Å². The van der Waals surface area contributed by atoms with Gasteiger partial charge < -0.3 is 15.7 Å². The van der Waals surface area contributed by atoms with Gasteiger partial charge in [0.25, 0.3) is 0 Å². The minimum absolute atomic E-state index is 0.0291. The van der Waals surface area contributed by atoms with Crippen LogP contribution in [-0.4, -0.2) is 28.5 Å². The van der Waals surface area contributed by atoms with Gasteiger partial charge in [-0.05, 0) is 11.1 Å². The number of rotatable bonds is 3. The van der Waals surface area contributed by atoms with Crippen LogP contribution in [0.2, 0.25) is 0 Å². The summed E-state index contributed by atoms with van der Waals surface area (Å²) in [5.41, 5.74) is 7.63. The van der Waals surface area contributed by atoms with Crippen LogP contribution in [-0.2, 0) is 17.9 Å². The predicted octanol–water partition coefficient (Wildman–Crippen LogP) is 0.238. The van der Waals surface area contributed by atoms with Crippen LogP contribution in [0.15, 0.2) is 24.3 Å². The molecule has 0 radical (unpaired) electrons. The molecule has 4 nitrogen and oxygen atoms in total. The summed E-state index contributed by atoms with van der Waals surface area (Å²) in [7, 11) is 0. The molecule has 0 aromatic heterocycles. The number of nitrogens with zero attached hydrogens (tertiary/aromatic N) is 1. The van der Waals surface area contributed by atoms with Gasteiger partial charge in [-0.1, -0.05) is 24.3 Å². The van der Waals surface area contributed by atoms with Gasteiger partial charge in [-0.3, -0.25) is 4.79 Å². The van der Waals surface area contributed by atoms with Crippen molar-refractivity contribution >= 4 is 5.91 Å². The number of carbonyl (C=O) groups excluding carboxylic acids is 1. The van der Waals surface area contributed by atoms with E-state index in [0.29, 0.717) is 19.5 Å². The van der Waals surface area contributed by atoms with Gasteiger partial charge >= 0.3 is 0 Å². The van der Waals surface area contributed by atoms with Crippen molar-refractivity contribution in [3.05, 3.63) is 35.4 Å². The second-order valence-corrected chi connectivity index (χ2v) is 4.22. The number of hydrogen-bond donors (Lipinski definition) is 2. The monoisotopic (exact) mass is 220 g/mol. The molecule has 1 aromatic carbocycles. The molecular formula is C12H16N2O2. The van der Waals surface area contributed by atoms with Crippen LogP contribution >= 0.6 is 0 Å². The fraction of sp³-hybridized carbons (Fsp3) is 0.417. The maximum atomic E-state index is 11.5. The van der Waals surface area contributed by atoms with Gasteiger partial charge in [0.05, 0.1) is 6.61 Å². The zero-order chi connectivity index (χ0) is 11.5. The van der Waals surface area contributed by atoms with Crippen LogP contribution in [0.4, 0.5) is 0 Å². The number of aliphatic hydroxyl groups is 1. The molecule has 1 saturated heterocycles. The Morgan fingerprint density at radius 3 is 2.81 bits per heavy atom. The standard InChI is InChI=1S/C12H16N2O2/c13-11-5-12(16)14(7-11)6-9-2-1-3-10(4-9)8-15/h1-4,11,15H,5-8,13H2. The van der Waals surface area contributed by atoms with E-state index in [4.69, 9.17) is 10.8 Å². The highest BCUT2D eigenvalue weighted by Crippen LogP contribution is 2.14. The van der Waals surface area contributed by atoms with Crippen molar-refractivity contribution in [2.75, 3.05) is 6.54 Å². The lowest BCUT2D eigenvalue weighted by atomic mass is 10.1. The molecule has 3 N–H and O–H groups in total. The molecule has 2 rings (SSSR count). The van der Waals surface area contributed by atoms with Crippen molar-refractivity contribution in [3.8, 4) is 0 Å². The zero-order valence-corrected chi connectivity index (χ0v) is 9.10. The van der Waals surface area contributed by atoms with Crippen LogP contribution in [0.5, 0.6) is 0 Å². The van der Waals surface area contributed by atoms with E-state index in [0.717, 1.165) is 11.1 Å². The number of likely N-dealkylation sites (tertiary alicyclic amines) is 1. The topological polar surface area (TPSA) is 66.6 Å². The number of hydrogen-bond acceptors (Lipinski definition) is 3. The number of aliphatic hydroxyl groups excluding tert-OH is 1. The molecule has 16 heavy (non-hydrogen) atoms. The fourth-order valence-electron chi connectivity index (χ4n) is 2.00. The first-order valence-corrected chi connectivity index (χ1v) is 5.41. The van der Waals surface area contributed by atoms with E-state index in [1.807, 2.05) is 24.3 Å². The van der Waals surface area contributed by atoms with Gasteiger partial charge in [0.1, 0.15) is 0 Å². The van der Waals surface area contributed by atoms with Crippen molar-refractivity contribution in [1.82, 2.24) is 4.90 Å². The van der Waals surface area contributed by atoms with E-state index in [1.165, 1.54) is 0 Å². The molecule has 0 spiro atoms. The van der Waals surface area contributed by atoms with Crippen molar-refractivity contribution in [2.45, 2.75) is 25.6 Å². The normalized spacial score (nSPS) is 20.5. The van der Waals surface area contributed by atoms with E-state index in [9.17, 15) is 4.79 Å². The van der Waals surface area contributed by atoms with E-state index in [2.05, 4.69) is 0 Å². The summed E-state index contributed by atoms with van der Waals surface area (Å²) >= 11 is 0. The Kier molecular flexibility index (Phi) is 3.22. The van der Waals surface area contributed by atoms with Crippen LogP contribution in [0.3, 0.4) is 0 Å². The lowest BCUT2D eigenvalue weighted by molar-refractivity contribution is -0.128. The maximum Gasteiger partial charge on any atom is 0.224 e. The molecule has 1 fully saturated rings. The summed E-state index contributed by atoms with van der Waals surface area (Å²) in [5, 5.41) is 9.02. The molecule has 0 aliphatic carbocycles. The quantitative estimate of drug-likeness (QED) is 0.766. The molecule has 1 aliphatic heterocycles. The molecular weight excluding hydrogens is 204 g/mol. The summed E-state index contributed by atoms with van der Waals surface area (Å²) in [6.45, 7) is 1.24. The summed E-state index contributed by atoms with van der Waals surface area (Å²) in [4.78, 5) is 13.3. The third kappa shape index (κ3) is 2.40. The summed E-state index contributed by atoms with van der Waals surface area (Å²) in [6, 6.07) is 7.59. The minimum atomic E-state index is -0.0338. The van der Waals surface area contributed by atoms with Crippen LogP contribution < -0.4 is 5.73 Å². The smallest absolute Gasteiger partial charge is 0.224 e. The Balaban J connectivity index is 2.06. The lowest BCUT2D eigenvalue weighted by Crippen LogP contribution is -2.27. The fourth-order valence-corrected chi connectivity index (χ4v) is 2.00. The molecule has 1 aliphatic rings. The van der Waals surface area contributed by atoms with E-state index in [1.54, 1.807) is 4.90 Å². The first-order chi connectivity index (χ1) is 7.69. The van der Waals surface area contributed by atoms with Crippen molar-refractivity contribution in [1.29, 1.82) is 0 Å². The first-order valence-electron chi connectivity index (χ1n) is 5.41. The average molecular weight is 220 g/mol. The second kappa shape index (κ2) is 4.63. The predicted molar refractivity (Wildman–Crippen MR) is 60.4 cm³/mol. The first kappa shape index (κ1) is 11.1. The molecule has 1 amide bonds. The molecule has 1 aromatic rings. The minimum Gasteiger partial charge on any atom is -0.392 e. The van der Waals surface area contributed by atoms with E-state index in [-0.39, 0.29) is 18.6 Å². The summed E-state index contributed by atoms with van der Waals surface area (Å²) < 4.78 is 0. The van der Waals surface area contributed by atoms with Crippen molar-refractivity contribution in [3.63, 3.8) is 0 Å². The Morgan fingerprint density at radius 1 is 1.44 bits per heavy atom. The van der Waals surface area contributed by atoms with Crippen LogP contribution in [0, 0.1) is 0 Å². The SMILES string of the molecule is NC1CC(=O)N(Cc2cccc(CO)c2)C1. The molecule has 0 saturated carbocycles. The Hall–Kier alpha value is -1.39. The highest BCUT2D eigenvalue weighted by Gasteiger charge is 2.26. The molecule has 1 unspecified atom stereocenters. The molecule has 0 bridgehead atoms. The van der Waals surface area contributed by atoms with Gasteiger partial charge in [0.2, 0.25) is 5.91 Å². The molecule has 4 heteroatoms. The Bertz CT molecular complexity index is 392. The third-order valence-electron chi connectivity index (χ3n) is 2.79. The van der Waals surface area contributed by atoms with E-state index >= 15 is 0 Å². The van der Waals surface area contributed by atoms with E-state index < -0.39 is 0 Å². The van der Waals surface area contributed by atoms with Gasteiger partial charge in [0, 0.05) is 25.6 Å². The number of benzene rings is 1. The lowest BCUT2D eigenvalue weighted by Gasteiger charge is -2.16. The van der Waals surface area contributed by atoms with Crippen molar-refractivity contribution < 1.29 is 9.90 Å². The highest BCUT2D eigenvalue weighted by molar-refractivity contribution is 5.79. The van der Waals surface area contributed by atoms with Crippen LogP contribution in [0.1, 0.15) is 17.5 Å². The molecule has 1 atom stereocenters. The Morgan fingerprint density at radius 2 is 2.19 bits per heavy atom. The largest absolute Gasteiger partial charge is 0.392 e. The summed E-state index contributed by atoms with van der Waals surface area (Å²) in [6.07, 6.45) is 0.444. The van der Waals surface area contributed by atoms with Crippen LogP contribution in [0.25, 0.3) is 0 Å². The van der Waals surface area contributed by atoms with Gasteiger partial charge in [-0.25, -0.2) is 0 Å². The number of carbonyl (C=O) groups is 1. The van der Waals surface area contributed by atoms with Gasteiger partial charge in [-0.15, -0.1) is 0 Å². The highest BCUT2D eigenvalue weighted by atomic mass is 16.3. The average Bonchev–Trinajstić information content (AvgIpc) is 2.58. The number of amides is 1. The molecule has 1 heterocycles. The summed E-state index contributed by atoms with van der Waals surface area (Å²) in [5.74, 6) is 0.113. The Labute approximate surface area is 94.7 Å².